The molecule has 0 radical (unpaired) electrons. The number of rotatable bonds is 5. The Morgan fingerprint density at radius 1 is 1.12 bits per heavy atom. The molecule has 0 aliphatic carbocycles. The maximum absolute atomic E-state index is 12.3. The van der Waals surface area contributed by atoms with Crippen LogP contribution in [0.15, 0.2) is 39.4 Å². The summed E-state index contributed by atoms with van der Waals surface area (Å²) < 4.78 is 15.8. The zero-order valence-corrected chi connectivity index (χ0v) is 15.5. The predicted molar refractivity (Wildman–Crippen MR) is 93.4 cm³/mol. The SMILES string of the molecule is COc1cc(Br)c(OC)c(C(=O)NNC(=O)C(=O)NCc2ccco2)c1. The first-order valence-electron chi connectivity index (χ1n) is 7.28. The number of hydrogen-bond acceptors (Lipinski definition) is 6. The lowest BCUT2D eigenvalue weighted by Gasteiger charge is -2.13. The topological polar surface area (TPSA) is 119 Å². The van der Waals surface area contributed by atoms with E-state index in [1.54, 1.807) is 18.2 Å². The number of ether oxygens (including phenoxy) is 2. The molecule has 0 unspecified atom stereocenters. The van der Waals surface area contributed by atoms with E-state index in [4.69, 9.17) is 13.9 Å². The van der Waals surface area contributed by atoms with Crippen molar-refractivity contribution in [1.82, 2.24) is 16.2 Å². The molecule has 0 saturated carbocycles. The smallest absolute Gasteiger partial charge is 0.327 e. The van der Waals surface area contributed by atoms with Crippen molar-refractivity contribution >= 4 is 33.7 Å². The molecule has 3 amide bonds. The zero-order valence-electron chi connectivity index (χ0n) is 13.9. The monoisotopic (exact) mass is 425 g/mol. The Bertz CT molecular complexity index is 807. The van der Waals surface area contributed by atoms with Gasteiger partial charge in [0.2, 0.25) is 0 Å². The molecule has 3 N–H and O–H groups in total. The molecule has 26 heavy (non-hydrogen) atoms. The van der Waals surface area contributed by atoms with E-state index in [0.29, 0.717) is 16.0 Å². The lowest BCUT2D eigenvalue weighted by Crippen LogP contribution is -2.48. The van der Waals surface area contributed by atoms with Crippen molar-refractivity contribution < 1.29 is 28.3 Å². The van der Waals surface area contributed by atoms with Gasteiger partial charge < -0.3 is 19.2 Å². The van der Waals surface area contributed by atoms with Gasteiger partial charge in [0.15, 0.2) is 0 Å². The Morgan fingerprint density at radius 2 is 1.88 bits per heavy atom. The van der Waals surface area contributed by atoms with Gasteiger partial charge in [0.1, 0.15) is 17.3 Å². The van der Waals surface area contributed by atoms with Gasteiger partial charge in [-0.05, 0) is 40.2 Å². The highest BCUT2D eigenvalue weighted by Gasteiger charge is 2.19. The Hall–Kier alpha value is -3.01. The van der Waals surface area contributed by atoms with Gasteiger partial charge in [0.05, 0.1) is 37.1 Å². The number of carbonyl (C=O) groups excluding carboxylic acids is 3. The molecule has 0 fully saturated rings. The molecular weight excluding hydrogens is 410 g/mol. The van der Waals surface area contributed by atoms with Gasteiger partial charge in [-0.15, -0.1) is 0 Å². The second-order valence-corrected chi connectivity index (χ2v) is 5.71. The van der Waals surface area contributed by atoms with Crippen molar-refractivity contribution in [2.75, 3.05) is 14.2 Å². The number of nitrogens with one attached hydrogen (secondary N) is 3. The van der Waals surface area contributed by atoms with E-state index in [-0.39, 0.29) is 17.9 Å². The van der Waals surface area contributed by atoms with Crippen molar-refractivity contribution in [1.29, 1.82) is 0 Å². The van der Waals surface area contributed by atoms with Crippen molar-refractivity contribution in [3.8, 4) is 11.5 Å². The first kappa shape index (κ1) is 19.3. The molecule has 1 heterocycles. The number of hydrogen-bond donors (Lipinski definition) is 3. The molecular formula is C16H16BrN3O6. The van der Waals surface area contributed by atoms with Gasteiger partial charge in [-0.25, -0.2) is 0 Å². The summed E-state index contributed by atoms with van der Waals surface area (Å²) in [7, 11) is 2.84. The first-order valence-corrected chi connectivity index (χ1v) is 8.08. The number of carbonyl (C=O) groups is 3. The van der Waals surface area contributed by atoms with Crippen molar-refractivity contribution in [2.24, 2.45) is 0 Å². The van der Waals surface area contributed by atoms with Crippen molar-refractivity contribution in [3.05, 3.63) is 46.3 Å². The normalized spacial score (nSPS) is 9.96. The molecule has 0 atom stereocenters. The Balaban J connectivity index is 1.96. The molecule has 1 aromatic carbocycles. The molecule has 10 heteroatoms. The lowest BCUT2D eigenvalue weighted by atomic mass is 10.2. The first-order chi connectivity index (χ1) is 12.5. The maximum Gasteiger partial charge on any atom is 0.327 e. The average Bonchev–Trinajstić information content (AvgIpc) is 3.16. The fourth-order valence-electron chi connectivity index (χ4n) is 1.96. The standard InChI is InChI=1S/C16H16BrN3O6/c1-24-10-6-11(13(25-2)12(17)7-10)14(21)19-20-16(23)15(22)18-8-9-4-3-5-26-9/h3-7H,8H2,1-2H3,(H,18,22)(H,19,21)(H,20,23). The van der Waals surface area contributed by atoms with E-state index < -0.39 is 17.7 Å². The van der Waals surface area contributed by atoms with Crippen LogP contribution in [0, 0.1) is 0 Å². The fraction of sp³-hybridized carbons (Fsp3) is 0.188. The average molecular weight is 426 g/mol. The highest BCUT2D eigenvalue weighted by atomic mass is 79.9. The van der Waals surface area contributed by atoms with Crippen molar-refractivity contribution in [3.63, 3.8) is 0 Å². The van der Waals surface area contributed by atoms with Gasteiger partial charge in [-0.1, -0.05) is 0 Å². The molecule has 0 saturated heterocycles. The van der Waals surface area contributed by atoms with E-state index in [1.807, 2.05) is 5.43 Å². The largest absolute Gasteiger partial charge is 0.497 e. The van der Waals surface area contributed by atoms with Crippen molar-refractivity contribution in [2.45, 2.75) is 6.54 Å². The number of hydrazine groups is 1. The molecule has 1 aromatic heterocycles. The molecule has 2 aromatic rings. The van der Waals surface area contributed by atoms with E-state index in [2.05, 4.69) is 26.7 Å². The summed E-state index contributed by atoms with van der Waals surface area (Å²) in [6.45, 7) is 0.0455. The number of furan rings is 1. The van der Waals surface area contributed by atoms with E-state index in [1.165, 1.54) is 26.5 Å². The summed E-state index contributed by atoms with van der Waals surface area (Å²) in [5.74, 6) is -1.51. The Kier molecular flexibility index (Phi) is 6.61. The molecule has 0 spiro atoms. The third kappa shape index (κ3) is 4.76. The summed E-state index contributed by atoms with van der Waals surface area (Å²) in [5, 5.41) is 2.35. The zero-order chi connectivity index (χ0) is 19.1. The minimum Gasteiger partial charge on any atom is -0.497 e. The van der Waals surface area contributed by atoms with Crippen LogP contribution in [0.4, 0.5) is 0 Å². The van der Waals surface area contributed by atoms with E-state index in [0.717, 1.165) is 0 Å². The summed E-state index contributed by atoms with van der Waals surface area (Å²) in [6.07, 6.45) is 1.45. The molecule has 138 valence electrons. The minimum absolute atomic E-state index is 0.0455. The predicted octanol–water partition coefficient (Wildman–Crippen LogP) is 1.14. The molecule has 0 bridgehead atoms. The van der Waals surface area contributed by atoms with Gasteiger partial charge in [-0.3, -0.25) is 25.2 Å². The minimum atomic E-state index is -1.04. The van der Waals surface area contributed by atoms with E-state index >= 15 is 0 Å². The van der Waals surface area contributed by atoms with Crippen LogP contribution >= 0.6 is 15.9 Å². The molecule has 0 aliphatic heterocycles. The molecule has 0 aliphatic rings. The van der Waals surface area contributed by atoms with E-state index in [9.17, 15) is 14.4 Å². The quantitative estimate of drug-likeness (QED) is 0.488. The Morgan fingerprint density at radius 3 is 2.50 bits per heavy atom. The highest BCUT2D eigenvalue weighted by molar-refractivity contribution is 9.10. The van der Waals surface area contributed by atoms with Crippen LogP contribution in [-0.4, -0.2) is 31.9 Å². The lowest BCUT2D eigenvalue weighted by molar-refractivity contribution is -0.139. The number of halogens is 1. The summed E-state index contributed by atoms with van der Waals surface area (Å²) >= 11 is 3.26. The van der Waals surface area contributed by atoms with Gasteiger partial charge in [-0.2, -0.15) is 0 Å². The summed E-state index contributed by atoms with van der Waals surface area (Å²) in [6, 6.07) is 6.35. The number of methoxy groups -OCH3 is 2. The van der Waals surface area contributed by atoms with Gasteiger partial charge in [0.25, 0.3) is 5.91 Å². The van der Waals surface area contributed by atoms with Crippen LogP contribution < -0.4 is 25.6 Å². The summed E-state index contributed by atoms with van der Waals surface area (Å²) in [5.41, 5.74) is 4.28. The van der Waals surface area contributed by atoms with Crippen LogP contribution in [0.5, 0.6) is 11.5 Å². The van der Waals surface area contributed by atoms with Gasteiger partial charge >= 0.3 is 11.8 Å². The van der Waals surface area contributed by atoms with Gasteiger partial charge in [0, 0.05) is 0 Å². The molecule has 2 rings (SSSR count). The second kappa shape index (κ2) is 8.90. The summed E-state index contributed by atoms with van der Waals surface area (Å²) in [4.78, 5) is 35.7. The van der Waals surface area contributed by atoms with Crippen LogP contribution in [0.25, 0.3) is 0 Å². The van der Waals surface area contributed by atoms with Crippen LogP contribution in [0.1, 0.15) is 16.1 Å². The highest BCUT2D eigenvalue weighted by Crippen LogP contribution is 2.33. The van der Waals surface area contributed by atoms with Crippen LogP contribution in [0.2, 0.25) is 0 Å². The number of benzene rings is 1. The third-order valence-corrected chi connectivity index (χ3v) is 3.79. The van der Waals surface area contributed by atoms with Crippen LogP contribution in [-0.2, 0) is 16.1 Å². The Labute approximate surface area is 157 Å². The second-order valence-electron chi connectivity index (χ2n) is 4.86. The maximum atomic E-state index is 12.3. The fourth-order valence-corrected chi connectivity index (χ4v) is 2.56. The number of amides is 3. The molecule has 9 nitrogen and oxygen atoms in total. The van der Waals surface area contributed by atoms with Crippen LogP contribution in [0.3, 0.4) is 0 Å². The third-order valence-electron chi connectivity index (χ3n) is 3.20.